The number of anilines is 2. The standard InChI is InChI=1S/C21H31N5O4/c1-21(2,3)26(20(29)30)14-6-9-23(10-7-14)13-15-8-11-24-18(28)12-22-16-4-5-17(27)25(15)19(16)24/h4-5,14-15,22H,6-13H2,1-3H3,(H,29,30). The molecule has 1 saturated heterocycles. The summed E-state index contributed by atoms with van der Waals surface area (Å²) in [5.74, 6) is 0.687. The summed E-state index contributed by atoms with van der Waals surface area (Å²) in [5.41, 5.74) is 0.320. The van der Waals surface area contributed by atoms with E-state index in [9.17, 15) is 19.5 Å². The number of piperidine rings is 1. The molecule has 0 aliphatic carbocycles. The van der Waals surface area contributed by atoms with Gasteiger partial charge in [-0.2, -0.15) is 0 Å². The fourth-order valence-corrected chi connectivity index (χ4v) is 5.15. The molecular formula is C21H31N5O4. The van der Waals surface area contributed by atoms with Crippen molar-refractivity contribution in [1.82, 2.24) is 14.4 Å². The van der Waals surface area contributed by atoms with Gasteiger partial charge in [-0.1, -0.05) is 0 Å². The summed E-state index contributed by atoms with van der Waals surface area (Å²) in [4.78, 5) is 42.4. The summed E-state index contributed by atoms with van der Waals surface area (Å²) >= 11 is 0. The van der Waals surface area contributed by atoms with Crippen molar-refractivity contribution < 1.29 is 14.7 Å². The summed E-state index contributed by atoms with van der Waals surface area (Å²) in [6.07, 6.45) is 1.44. The van der Waals surface area contributed by atoms with Crippen molar-refractivity contribution in [2.45, 2.75) is 57.7 Å². The Morgan fingerprint density at radius 3 is 2.50 bits per heavy atom. The number of likely N-dealkylation sites (tertiary alicyclic amines) is 1. The van der Waals surface area contributed by atoms with E-state index >= 15 is 0 Å². The number of hydrogen-bond acceptors (Lipinski definition) is 5. The first-order valence-electron chi connectivity index (χ1n) is 10.7. The third kappa shape index (κ3) is 3.66. The molecule has 0 radical (unpaired) electrons. The second kappa shape index (κ2) is 7.61. The van der Waals surface area contributed by atoms with Gasteiger partial charge in [0.25, 0.3) is 5.56 Å². The molecule has 1 aromatic rings. The zero-order valence-electron chi connectivity index (χ0n) is 17.9. The molecule has 1 fully saturated rings. The Kier molecular flexibility index (Phi) is 5.25. The minimum atomic E-state index is -0.868. The molecule has 0 spiro atoms. The largest absolute Gasteiger partial charge is 0.465 e. The van der Waals surface area contributed by atoms with E-state index in [4.69, 9.17) is 0 Å². The number of pyridine rings is 1. The molecule has 4 rings (SSSR count). The van der Waals surface area contributed by atoms with Crippen molar-refractivity contribution in [2.75, 3.05) is 42.9 Å². The van der Waals surface area contributed by atoms with Crippen LogP contribution in [0.5, 0.6) is 0 Å². The van der Waals surface area contributed by atoms with E-state index in [1.807, 2.05) is 20.8 Å². The fourth-order valence-electron chi connectivity index (χ4n) is 5.15. The van der Waals surface area contributed by atoms with Crippen molar-refractivity contribution in [1.29, 1.82) is 0 Å². The predicted molar refractivity (Wildman–Crippen MR) is 114 cm³/mol. The average molecular weight is 418 g/mol. The van der Waals surface area contributed by atoms with Crippen LogP contribution in [-0.2, 0) is 4.79 Å². The SMILES string of the molecule is CC(C)(C)N(C(=O)O)C1CCN(CC2CCN3C(=O)CNc4ccc(=O)n2c43)CC1. The highest BCUT2D eigenvalue weighted by Gasteiger charge is 2.37. The third-order valence-electron chi connectivity index (χ3n) is 6.46. The van der Waals surface area contributed by atoms with Gasteiger partial charge in [-0.25, -0.2) is 4.79 Å². The first-order valence-corrected chi connectivity index (χ1v) is 10.7. The molecule has 0 saturated carbocycles. The highest BCUT2D eigenvalue weighted by Crippen LogP contribution is 2.36. The van der Waals surface area contributed by atoms with E-state index < -0.39 is 11.6 Å². The fraction of sp³-hybridized carbons (Fsp3) is 0.667. The van der Waals surface area contributed by atoms with Crippen molar-refractivity contribution in [3.8, 4) is 0 Å². The zero-order valence-corrected chi connectivity index (χ0v) is 17.9. The van der Waals surface area contributed by atoms with Gasteiger partial charge >= 0.3 is 6.09 Å². The van der Waals surface area contributed by atoms with Gasteiger partial charge < -0.3 is 20.2 Å². The topological polar surface area (TPSA) is 98.1 Å². The third-order valence-corrected chi connectivity index (χ3v) is 6.46. The van der Waals surface area contributed by atoms with Crippen LogP contribution in [0.2, 0.25) is 0 Å². The van der Waals surface area contributed by atoms with Crippen molar-refractivity contribution in [2.24, 2.45) is 0 Å². The Bertz CT molecular complexity index is 898. The summed E-state index contributed by atoms with van der Waals surface area (Å²) in [6, 6.07) is 3.34. The Hall–Kier alpha value is -2.55. The summed E-state index contributed by atoms with van der Waals surface area (Å²) in [7, 11) is 0. The van der Waals surface area contributed by atoms with Crippen molar-refractivity contribution >= 4 is 23.5 Å². The lowest BCUT2D eigenvalue weighted by Crippen LogP contribution is -2.55. The molecule has 9 heteroatoms. The number of aromatic nitrogens is 1. The van der Waals surface area contributed by atoms with Crippen LogP contribution in [0, 0.1) is 0 Å². The maximum absolute atomic E-state index is 12.7. The van der Waals surface area contributed by atoms with Crippen molar-refractivity contribution in [3.63, 3.8) is 0 Å². The normalized spacial score (nSPS) is 22.4. The van der Waals surface area contributed by atoms with Crippen LogP contribution in [0.1, 0.15) is 46.1 Å². The lowest BCUT2D eigenvalue weighted by atomic mass is 9.96. The number of nitrogens with one attached hydrogen (secondary N) is 1. The smallest absolute Gasteiger partial charge is 0.407 e. The number of carbonyl (C=O) groups excluding carboxylic acids is 1. The monoisotopic (exact) mass is 417 g/mol. The van der Waals surface area contributed by atoms with Gasteiger partial charge in [-0.15, -0.1) is 0 Å². The highest BCUT2D eigenvalue weighted by molar-refractivity contribution is 6.01. The summed E-state index contributed by atoms with van der Waals surface area (Å²) < 4.78 is 1.77. The van der Waals surface area contributed by atoms with Crippen LogP contribution in [0.3, 0.4) is 0 Å². The van der Waals surface area contributed by atoms with E-state index in [-0.39, 0.29) is 30.1 Å². The number of amides is 2. The van der Waals surface area contributed by atoms with Gasteiger partial charge in [-0.05, 0) is 46.1 Å². The Balaban J connectivity index is 1.48. The molecule has 30 heavy (non-hydrogen) atoms. The highest BCUT2D eigenvalue weighted by atomic mass is 16.4. The molecule has 1 unspecified atom stereocenters. The minimum Gasteiger partial charge on any atom is -0.465 e. The maximum Gasteiger partial charge on any atom is 0.407 e. The van der Waals surface area contributed by atoms with Crippen LogP contribution in [-0.4, -0.2) is 75.8 Å². The first-order chi connectivity index (χ1) is 14.2. The lowest BCUT2D eigenvalue weighted by molar-refractivity contribution is -0.117. The maximum atomic E-state index is 12.7. The van der Waals surface area contributed by atoms with Gasteiger partial charge in [0.15, 0.2) is 0 Å². The molecule has 0 bridgehead atoms. The molecule has 1 atom stereocenters. The number of hydrogen-bond donors (Lipinski definition) is 2. The van der Waals surface area contributed by atoms with Gasteiger partial charge in [0, 0.05) is 43.8 Å². The van der Waals surface area contributed by atoms with E-state index in [2.05, 4.69) is 10.2 Å². The van der Waals surface area contributed by atoms with Gasteiger partial charge in [0.05, 0.1) is 18.3 Å². The van der Waals surface area contributed by atoms with Crippen LogP contribution in [0.15, 0.2) is 16.9 Å². The molecule has 2 amide bonds. The van der Waals surface area contributed by atoms with Gasteiger partial charge in [-0.3, -0.25) is 19.1 Å². The molecule has 3 aliphatic rings. The predicted octanol–water partition coefficient (Wildman–Crippen LogP) is 1.79. The lowest BCUT2D eigenvalue weighted by Gasteiger charge is -2.45. The minimum absolute atomic E-state index is 0.00273. The van der Waals surface area contributed by atoms with E-state index in [1.54, 1.807) is 26.5 Å². The molecule has 164 valence electrons. The molecule has 1 aromatic heterocycles. The second-order valence-electron chi connectivity index (χ2n) is 9.48. The second-order valence-corrected chi connectivity index (χ2v) is 9.48. The van der Waals surface area contributed by atoms with Gasteiger partial charge in [0.2, 0.25) is 5.91 Å². The first kappa shape index (κ1) is 20.7. The van der Waals surface area contributed by atoms with E-state index in [0.717, 1.165) is 44.6 Å². The van der Waals surface area contributed by atoms with Crippen molar-refractivity contribution in [3.05, 3.63) is 22.5 Å². The molecule has 3 aliphatic heterocycles. The summed E-state index contributed by atoms with van der Waals surface area (Å²) in [5, 5.41) is 12.8. The van der Waals surface area contributed by atoms with E-state index in [0.29, 0.717) is 12.4 Å². The number of nitrogens with zero attached hydrogens (tertiary/aromatic N) is 4. The van der Waals surface area contributed by atoms with Crippen LogP contribution in [0.25, 0.3) is 0 Å². The van der Waals surface area contributed by atoms with Crippen LogP contribution in [0.4, 0.5) is 16.3 Å². The molecule has 2 N–H and O–H groups in total. The molecular weight excluding hydrogens is 386 g/mol. The van der Waals surface area contributed by atoms with Crippen LogP contribution < -0.4 is 15.8 Å². The Morgan fingerprint density at radius 2 is 1.87 bits per heavy atom. The Labute approximate surface area is 176 Å². The summed E-state index contributed by atoms with van der Waals surface area (Å²) in [6.45, 7) is 9.00. The number of carboxylic acid groups (broad SMARTS) is 1. The van der Waals surface area contributed by atoms with E-state index in [1.165, 1.54) is 0 Å². The average Bonchev–Trinajstić information content (AvgIpc) is 2.67. The quantitative estimate of drug-likeness (QED) is 0.778. The number of rotatable bonds is 3. The molecule has 0 aromatic carbocycles. The van der Waals surface area contributed by atoms with Gasteiger partial charge in [0.1, 0.15) is 5.82 Å². The molecule has 9 nitrogen and oxygen atoms in total. The number of carbonyl (C=O) groups is 2. The van der Waals surface area contributed by atoms with Crippen LogP contribution >= 0.6 is 0 Å². The Morgan fingerprint density at radius 1 is 1.17 bits per heavy atom. The molecule has 4 heterocycles. The zero-order chi connectivity index (χ0) is 21.6.